The van der Waals surface area contributed by atoms with Crippen LogP contribution in [0.3, 0.4) is 0 Å². The summed E-state index contributed by atoms with van der Waals surface area (Å²) in [6.45, 7) is 2.26. The van der Waals surface area contributed by atoms with Crippen LogP contribution in [0, 0.1) is 5.92 Å². The topological polar surface area (TPSA) is 55.8 Å². The highest BCUT2D eigenvalue weighted by atomic mass is 19.4. The van der Waals surface area contributed by atoms with Gasteiger partial charge in [0, 0.05) is 24.6 Å². The lowest BCUT2D eigenvalue weighted by Gasteiger charge is -2.24. The third-order valence-corrected chi connectivity index (χ3v) is 5.54. The van der Waals surface area contributed by atoms with E-state index in [1.54, 1.807) is 23.1 Å². The zero-order valence-electron chi connectivity index (χ0n) is 18.3. The molecule has 2 aromatic rings. The number of ether oxygens (including phenoxy) is 2. The van der Waals surface area contributed by atoms with Gasteiger partial charge in [0.15, 0.2) is 0 Å². The number of hydrogen-bond acceptors (Lipinski definition) is 4. The van der Waals surface area contributed by atoms with Crippen LogP contribution in [0.5, 0.6) is 5.75 Å². The number of carbonyl (C=O) groups is 2. The van der Waals surface area contributed by atoms with Crippen molar-refractivity contribution in [1.82, 2.24) is 4.90 Å². The first kappa shape index (κ1) is 23.6. The molecule has 2 aromatic carbocycles. The Morgan fingerprint density at radius 3 is 2.34 bits per heavy atom. The molecule has 1 aliphatic rings. The number of amides is 1. The minimum absolute atomic E-state index is 0.0186. The van der Waals surface area contributed by atoms with E-state index in [0.717, 1.165) is 25.0 Å². The molecule has 8 heteroatoms. The summed E-state index contributed by atoms with van der Waals surface area (Å²) in [5.74, 6) is -0.0541. The minimum Gasteiger partial charge on any atom is -0.496 e. The van der Waals surface area contributed by atoms with Gasteiger partial charge in [-0.3, -0.25) is 9.59 Å². The SMILES string of the molecule is CCN(Cc1cc(C(F)(F)F)ccc1-c1cc(CC(=O)OC)ccc1OC)C(=O)C1CC1. The van der Waals surface area contributed by atoms with Crippen LogP contribution >= 0.6 is 0 Å². The molecule has 0 spiro atoms. The lowest BCUT2D eigenvalue weighted by atomic mass is 9.94. The number of alkyl halides is 3. The zero-order chi connectivity index (χ0) is 23.5. The second kappa shape index (κ2) is 9.63. The standard InChI is InChI=1S/C24H26F3NO4/c1-4-28(23(30)16-6-7-16)14-17-13-18(24(25,26)27)8-9-19(17)20-11-15(12-22(29)32-3)5-10-21(20)31-2/h5,8-11,13,16H,4,6-7,12,14H2,1-3H3. The van der Waals surface area contributed by atoms with Crippen molar-refractivity contribution in [2.45, 2.75) is 38.9 Å². The molecule has 0 saturated heterocycles. The molecule has 3 rings (SSSR count). The van der Waals surface area contributed by atoms with Gasteiger partial charge < -0.3 is 14.4 Å². The number of rotatable bonds is 8. The first-order valence-electron chi connectivity index (χ1n) is 10.4. The van der Waals surface area contributed by atoms with E-state index >= 15 is 0 Å². The minimum atomic E-state index is -4.51. The fourth-order valence-corrected chi connectivity index (χ4v) is 3.62. The van der Waals surface area contributed by atoms with E-state index in [0.29, 0.717) is 34.5 Å². The quantitative estimate of drug-likeness (QED) is 0.541. The van der Waals surface area contributed by atoms with Crippen molar-refractivity contribution in [3.05, 3.63) is 53.1 Å². The maximum Gasteiger partial charge on any atom is 0.416 e. The third kappa shape index (κ3) is 5.41. The smallest absolute Gasteiger partial charge is 0.416 e. The number of esters is 1. The first-order chi connectivity index (χ1) is 15.2. The van der Waals surface area contributed by atoms with Gasteiger partial charge in [0.2, 0.25) is 5.91 Å². The van der Waals surface area contributed by atoms with Gasteiger partial charge in [-0.05, 0) is 60.7 Å². The average molecular weight is 449 g/mol. The van der Waals surface area contributed by atoms with Crippen molar-refractivity contribution in [1.29, 1.82) is 0 Å². The van der Waals surface area contributed by atoms with Gasteiger partial charge in [0.25, 0.3) is 0 Å². The molecule has 0 unspecified atom stereocenters. The fraction of sp³-hybridized carbons (Fsp3) is 0.417. The molecule has 1 saturated carbocycles. The van der Waals surface area contributed by atoms with Gasteiger partial charge in [0.05, 0.1) is 26.2 Å². The van der Waals surface area contributed by atoms with Crippen LogP contribution in [0.1, 0.15) is 36.5 Å². The predicted molar refractivity (Wildman–Crippen MR) is 113 cm³/mol. The van der Waals surface area contributed by atoms with Crippen LogP contribution < -0.4 is 4.74 Å². The Balaban J connectivity index is 2.09. The van der Waals surface area contributed by atoms with E-state index in [1.165, 1.54) is 20.3 Å². The van der Waals surface area contributed by atoms with Crippen molar-refractivity contribution >= 4 is 11.9 Å². The Kier molecular flexibility index (Phi) is 7.11. The lowest BCUT2D eigenvalue weighted by molar-refractivity contribution is -0.140. The highest BCUT2D eigenvalue weighted by Gasteiger charge is 2.34. The summed E-state index contributed by atoms with van der Waals surface area (Å²) in [5, 5.41) is 0. The summed E-state index contributed by atoms with van der Waals surface area (Å²) in [7, 11) is 2.76. The van der Waals surface area contributed by atoms with E-state index in [9.17, 15) is 22.8 Å². The molecule has 0 radical (unpaired) electrons. The second-order valence-electron chi connectivity index (χ2n) is 7.78. The van der Waals surface area contributed by atoms with Gasteiger partial charge in [0.1, 0.15) is 5.75 Å². The maximum absolute atomic E-state index is 13.5. The van der Waals surface area contributed by atoms with Crippen molar-refractivity contribution in [2.75, 3.05) is 20.8 Å². The van der Waals surface area contributed by atoms with Gasteiger partial charge in [-0.2, -0.15) is 13.2 Å². The molecule has 0 atom stereocenters. The van der Waals surface area contributed by atoms with Crippen molar-refractivity contribution in [2.24, 2.45) is 5.92 Å². The van der Waals surface area contributed by atoms with Crippen LogP contribution in [0.25, 0.3) is 11.1 Å². The van der Waals surface area contributed by atoms with Crippen LogP contribution in [0.4, 0.5) is 13.2 Å². The van der Waals surface area contributed by atoms with Crippen molar-refractivity contribution in [3.8, 4) is 16.9 Å². The van der Waals surface area contributed by atoms with E-state index in [-0.39, 0.29) is 24.8 Å². The summed E-state index contributed by atoms with van der Waals surface area (Å²) in [6, 6.07) is 8.59. The third-order valence-electron chi connectivity index (χ3n) is 5.54. The van der Waals surface area contributed by atoms with Crippen LogP contribution in [-0.4, -0.2) is 37.5 Å². The second-order valence-corrected chi connectivity index (χ2v) is 7.78. The van der Waals surface area contributed by atoms with Crippen LogP contribution in [0.2, 0.25) is 0 Å². The van der Waals surface area contributed by atoms with Crippen LogP contribution in [0.15, 0.2) is 36.4 Å². The first-order valence-corrected chi connectivity index (χ1v) is 10.4. The molecule has 1 fully saturated rings. The van der Waals surface area contributed by atoms with Gasteiger partial charge in [-0.1, -0.05) is 12.1 Å². The molecule has 0 aromatic heterocycles. The molecule has 0 heterocycles. The summed E-state index contributed by atoms with van der Waals surface area (Å²) in [6.07, 6.45) is -2.87. The molecule has 0 N–H and O–H groups in total. The maximum atomic E-state index is 13.5. The molecule has 5 nitrogen and oxygen atoms in total. The van der Waals surface area contributed by atoms with Crippen LogP contribution in [-0.2, 0) is 33.5 Å². The molecule has 1 amide bonds. The summed E-state index contributed by atoms with van der Waals surface area (Å²) in [5.41, 5.74) is 1.29. The number of nitrogens with zero attached hydrogens (tertiary/aromatic N) is 1. The van der Waals surface area contributed by atoms with E-state index in [1.807, 2.05) is 6.92 Å². The Morgan fingerprint density at radius 2 is 1.78 bits per heavy atom. The highest BCUT2D eigenvalue weighted by molar-refractivity contribution is 5.82. The predicted octanol–water partition coefficient (Wildman–Crippen LogP) is 4.86. The average Bonchev–Trinajstić information content (AvgIpc) is 3.61. The lowest BCUT2D eigenvalue weighted by Crippen LogP contribution is -2.31. The number of hydrogen-bond donors (Lipinski definition) is 0. The number of halogens is 3. The van der Waals surface area contributed by atoms with Crippen molar-refractivity contribution < 1.29 is 32.2 Å². The number of benzene rings is 2. The highest BCUT2D eigenvalue weighted by Crippen LogP contribution is 2.38. The summed E-state index contributed by atoms with van der Waals surface area (Å²) < 4.78 is 50.5. The Morgan fingerprint density at radius 1 is 1.06 bits per heavy atom. The molecular formula is C24H26F3NO4. The molecule has 0 bridgehead atoms. The normalized spacial score (nSPS) is 13.6. The number of methoxy groups -OCH3 is 2. The zero-order valence-corrected chi connectivity index (χ0v) is 18.3. The summed E-state index contributed by atoms with van der Waals surface area (Å²) in [4.78, 5) is 25.9. The molecule has 1 aliphatic carbocycles. The van der Waals surface area contributed by atoms with Crippen molar-refractivity contribution in [3.63, 3.8) is 0 Å². The summed E-state index contributed by atoms with van der Waals surface area (Å²) >= 11 is 0. The molecule has 32 heavy (non-hydrogen) atoms. The van der Waals surface area contributed by atoms with E-state index < -0.39 is 17.7 Å². The molecule has 0 aliphatic heterocycles. The Bertz CT molecular complexity index is 999. The largest absolute Gasteiger partial charge is 0.496 e. The van der Waals surface area contributed by atoms with Gasteiger partial charge >= 0.3 is 12.1 Å². The number of carbonyl (C=O) groups excluding carboxylic acids is 2. The van der Waals surface area contributed by atoms with E-state index in [2.05, 4.69) is 0 Å². The Labute approximate surface area is 185 Å². The van der Waals surface area contributed by atoms with E-state index in [4.69, 9.17) is 9.47 Å². The monoisotopic (exact) mass is 449 g/mol. The molecule has 172 valence electrons. The fourth-order valence-electron chi connectivity index (χ4n) is 3.62. The van der Waals surface area contributed by atoms with Gasteiger partial charge in [-0.15, -0.1) is 0 Å². The Hall–Kier alpha value is -3.03. The molecular weight excluding hydrogens is 423 g/mol. The van der Waals surface area contributed by atoms with Gasteiger partial charge in [-0.25, -0.2) is 0 Å².